The van der Waals surface area contributed by atoms with Crippen molar-refractivity contribution < 1.29 is 31.8 Å². The van der Waals surface area contributed by atoms with Gasteiger partial charge in [-0.2, -0.15) is 0 Å². The zero-order valence-corrected chi connectivity index (χ0v) is 24.2. The highest BCUT2D eigenvalue weighted by Gasteiger charge is 2.30. The van der Waals surface area contributed by atoms with Crippen molar-refractivity contribution in [2.75, 3.05) is 31.7 Å². The van der Waals surface area contributed by atoms with Gasteiger partial charge in [0.15, 0.2) is 11.5 Å². The Morgan fingerprint density at radius 1 is 1.05 bits per heavy atom. The SMILES string of the molecule is CCOC(=O)c1cc(C)cc(-c2nnc(-c3sc(Cl)cc3S(=O)(=O)N(C)c3ccc(OCC)c(OC)c3)o2)c1. The van der Waals surface area contributed by atoms with E-state index in [2.05, 4.69) is 10.2 Å². The summed E-state index contributed by atoms with van der Waals surface area (Å²) in [6, 6.07) is 11.2. The minimum absolute atomic E-state index is 0.0302. The molecule has 0 amide bonds. The summed E-state index contributed by atoms with van der Waals surface area (Å²) in [5.41, 5.74) is 1.95. The second kappa shape index (κ2) is 11.6. The normalized spacial score (nSPS) is 11.3. The molecule has 10 nitrogen and oxygen atoms in total. The van der Waals surface area contributed by atoms with Crippen LogP contribution in [0.4, 0.5) is 5.69 Å². The molecule has 2 aromatic heterocycles. The van der Waals surface area contributed by atoms with Crippen LogP contribution in [0.15, 0.2) is 51.8 Å². The summed E-state index contributed by atoms with van der Waals surface area (Å²) in [4.78, 5) is 12.3. The van der Waals surface area contributed by atoms with Gasteiger partial charge in [0, 0.05) is 18.7 Å². The standard InChI is InChI=1S/C26H26ClN3O7S2/c1-6-35-19-9-8-18(13-20(19)34-5)30(4)39(32,33)21-14-22(27)38-23(21)25-29-28-24(37-25)16-10-15(3)11-17(12-16)26(31)36-7-2/h8-14H,6-7H2,1-5H3. The number of methoxy groups -OCH3 is 1. The molecule has 0 bridgehead atoms. The van der Waals surface area contributed by atoms with Crippen molar-refractivity contribution in [3.63, 3.8) is 0 Å². The van der Waals surface area contributed by atoms with E-state index in [9.17, 15) is 13.2 Å². The molecule has 0 spiro atoms. The molecular formula is C26H26ClN3O7S2. The molecule has 0 unspecified atom stereocenters. The number of benzene rings is 2. The van der Waals surface area contributed by atoms with Gasteiger partial charge in [-0.25, -0.2) is 13.2 Å². The molecule has 2 heterocycles. The van der Waals surface area contributed by atoms with Crippen LogP contribution in [0.1, 0.15) is 29.8 Å². The first kappa shape index (κ1) is 28.4. The van der Waals surface area contributed by atoms with Crippen LogP contribution in [0.2, 0.25) is 4.34 Å². The van der Waals surface area contributed by atoms with Crippen molar-refractivity contribution in [1.82, 2.24) is 10.2 Å². The lowest BCUT2D eigenvalue weighted by Gasteiger charge is -2.21. The van der Waals surface area contributed by atoms with Gasteiger partial charge in [-0.3, -0.25) is 4.31 Å². The van der Waals surface area contributed by atoms with E-state index < -0.39 is 16.0 Å². The predicted octanol–water partition coefficient (Wildman–Crippen LogP) is 5.84. The van der Waals surface area contributed by atoms with E-state index in [0.29, 0.717) is 34.9 Å². The summed E-state index contributed by atoms with van der Waals surface area (Å²) in [5.74, 6) is 0.486. The van der Waals surface area contributed by atoms with Gasteiger partial charge in [-0.05, 0) is 62.7 Å². The summed E-state index contributed by atoms with van der Waals surface area (Å²) in [7, 11) is -1.22. The largest absolute Gasteiger partial charge is 0.493 e. The quantitative estimate of drug-likeness (QED) is 0.209. The van der Waals surface area contributed by atoms with Crippen LogP contribution in [0.3, 0.4) is 0 Å². The molecule has 0 radical (unpaired) electrons. The number of thiophene rings is 1. The van der Waals surface area contributed by atoms with Crippen LogP contribution >= 0.6 is 22.9 Å². The van der Waals surface area contributed by atoms with Crippen molar-refractivity contribution in [2.24, 2.45) is 0 Å². The molecule has 0 saturated carbocycles. The Hall–Kier alpha value is -3.61. The van der Waals surface area contributed by atoms with Crippen molar-refractivity contribution in [1.29, 1.82) is 0 Å². The maximum absolute atomic E-state index is 13.7. The van der Waals surface area contributed by atoms with Crippen LogP contribution in [0, 0.1) is 6.92 Å². The van der Waals surface area contributed by atoms with E-state index in [1.165, 1.54) is 20.2 Å². The van der Waals surface area contributed by atoms with Crippen LogP contribution in [-0.2, 0) is 14.8 Å². The Labute approximate surface area is 235 Å². The average molecular weight is 592 g/mol. The number of nitrogens with zero attached hydrogens (tertiary/aromatic N) is 3. The van der Waals surface area contributed by atoms with E-state index in [1.807, 2.05) is 13.8 Å². The first-order valence-electron chi connectivity index (χ1n) is 11.8. The Bertz CT molecular complexity index is 1620. The van der Waals surface area contributed by atoms with Crippen molar-refractivity contribution in [3.05, 3.63) is 57.9 Å². The molecule has 4 aromatic rings. The minimum Gasteiger partial charge on any atom is -0.493 e. The number of carbonyl (C=O) groups is 1. The Morgan fingerprint density at radius 2 is 1.79 bits per heavy atom. The van der Waals surface area contributed by atoms with E-state index >= 15 is 0 Å². The minimum atomic E-state index is -4.11. The molecule has 2 aromatic carbocycles. The summed E-state index contributed by atoms with van der Waals surface area (Å²) >= 11 is 7.26. The number of hydrogen-bond acceptors (Lipinski definition) is 10. The Morgan fingerprint density at radius 3 is 2.49 bits per heavy atom. The lowest BCUT2D eigenvalue weighted by molar-refractivity contribution is 0.0526. The van der Waals surface area contributed by atoms with Crippen LogP contribution < -0.4 is 13.8 Å². The fourth-order valence-corrected chi connectivity index (χ4v) is 6.67. The lowest BCUT2D eigenvalue weighted by atomic mass is 10.1. The Balaban J connectivity index is 1.71. The van der Waals surface area contributed by atoms with Gasteiger partial charge in [0.25, 0.3) is 15.9 Å². The van der Waals surface area contributed by atoms with E-state index in [0.717, 1.165) is 21.2 Å². The molecule has 39 heavy (non-hydrogen) atoms. The van der Waals surface area contributed by atoms with Gasteiger partial charge >= 0.3 is 5.97 Å². The van der Waals surface area contributed by atoms with Crippen molar-refractivity contribution in [2.45, 2.75) is 25.7 Å². The molecule has 0 aliphatic carbocycles. The average Bonchev–Trinajstić information content (AvgIpc) is 3.56. The van der Waals surface area contributed by atoms with Crippen molar-refractivity contribution in [3.8, 4) is 33.7 Å². The third-order valence-corrected chi connectivity index (χ3v) is 8.76. The second-order valence-corrected chi connectivity index (χ2v) is 11.8. The van der Waals surface area contributed by atoms with Crippen LogP contribution in [0.25, 0.3) is 22.2 Å². The van der Waals surface area contributed by atoms with Crippen LogP contribution in [-0.4, -0.2) is 52.0 Å². The van der Waals surface area contributed by atoms with E-state index in [-0.39, 0.29) is 32.5 Å². The van der Waals surface area contributed by atoms with Crippen LogP contribution in [0.5, 0.6) is 11.5 Å². The fourth-order valence-electron chi connectivity index (χ4n) is 3.77. The smallest absolute Gasteiger partial charge is 0.338 e. The maximum atomic E-state index is 13.7. The molecule has 0 atom stereocenters. The number of anilines is 1. The zero-order chi connectivity index (χ0) is 28.3. The highest BCUT2D eigenvalue weighted by atomic mass is 35.5. The number of carbonyl (C=O) groups excluding carboxylic acids is 1. The molecule has 13 heteroatoms. The third-order valence-electron chi connectivity index (χ3n) is 5.57. The van der Waals surface area contributed by atoms with Gasteiger partial charge < -0.3 is 18.6 Å². The van der Waals surface area contributed by atoms with Gasteiger partial charge in [0.1, 0.15) is 9.77 Å². The first-order valence-corrected chi connectivity index (χ1v) is 14.4. The predicted molar refractivity (Wildman–Crippen MR) is 149 cm³/mol. The fraction of sp³-hybridized carbons (Fsp3) is 0.269. The Kier molecular flexibility index (Phi) is 8.48. The molecule has 0 fully saturated rings. The number of aryl methyl sites for hydroxylation is 1. The lowest BCUT2D eigenvalue weighted by Crippen LogP contribution is -2.26. The number of rotatable bonds is 10. The van der Waals surface area contributed by atoms with Gasteiger partial charge in [-0.15, -0.1) is 21.5 Å². The summed E-state index contributed by atoms with van der Waals surface area (Å²) in [6.07, 6.45) is 0. The number of halogens is 1. The third kappa shape index (κ3) is 5.87. The molecule has 0 N–H and O–H groups in total. The molecule has 4 rings (SSSR count). The molecule has 0 aliphatic heterocycles. The summed E-state index contributed by atoms with van der Waals surface area (Å²) in [6.45, 7) is 6.05. The first-order chi connectivity index (χ1) is 18.6. The monoisotopic (exact) mass is 591 g/mol. The summed E-state index contributed by atoms with van der Waals surface area (Å²) < 4.78 is 50.6. The maximum Gasteiger partial charge on any atom is 0.338 e. The topological polar surface area (TPSA) is 121 Å². The second-order valence-electron chi connectivity index (χ2n) is 8.21. The number of sulfonamides is 1. The number of aromatic nitrogens is 2. The molecule has 206 valence electrons. The molecule has 0 saturated heterocycles. The number of ether oxygens (including phenoxy) is 3. The zero-order valence-electron chi connectivity index (χ0n) is 21.8. The van der Waals surface area contributed by atoms with E-state index in [1.54, 1.807) is 43.3 Å². The van der Waals surface area contributed by atoms with Gasteiger partial charge in [0.05, 0.1) is 35.9 Å². The van der Waals surface area contributed by atoms with Gasteiger partial charge in [-0.1, -0.05) is 11.6 Å². The van der Waals surface area contributed by atoms with Gasteiger partial charge in [0.2, 0.25) is 5.89 Å². The molecular weight excluding hydrogens is 566 g/mol. The highest BCUT2D eigenvalue weighted by Crippen LogP contribution is 2.41. The molecule has 0 aliphatic rings. The van der Waals surface area contributed by atoms with Crippen molar-refractivity contribution >= 4 is 44.6 Å². The number of hydrogen-bond donors (Lipinski definition) is 0. The summed E-state index contributed by atoms with van der Waals surface area (Å²) in [5, 5.41) is 8.17. The highest BCUT2D eigenvalue weighted by molar-refractivity contribution is 7.93. The number of esters is 1. The van der Waals surface area contributed by atoms with E-state index in [4.69, 9.17) is 30.2 Å².